The molecule has 3 rings (SSSR count). The van der Waals surface area contributed by atoms with Crippen LogP contribution in [0.15, 0.2) is 53.1 Å². The summed E-state index contributed by atoms with van der Waals surface area (Å²) in [5.74, 6) is 0.843. The van der Waals surface area contributed by atoms with Crippen molar-refractivity contribution in [2.45, 2.75) is 17.7 Å². The lowest BCUT2D eigenvalue weighted by Gasteiger charge is -2.03. The lowest BCUT2D eigenvalue weighted by atomic mass is 10.1. The van der Waals surface area contributed by atoms with E-state index in [1.807, 2.05) is 31.2 Å². The van der Waals surface area contributed by atoms with Gasteiger partial charge in [-0.2, -0.15) is 0 Å². The molecule has 0 aliphatic heterocycles. The summed E-state index contributed by atoms with van der Waals surface area (Å²) in [5.41, 5.74) is 3.18. The number of aryl methyl sites for hydroxylation is 1. The molecule has 2 heterocycles. The maximum absolute atomic E-state index is 4.46. The van der Waals surface area contributed by atoms with Gasteiger partial charge in [-0.3, -0.25) is 0 Å². The first-order chi connectivity index (χ1) is 9.81. The lowest BCUT2D eigenvalue weighted by molar-refractivity contribution is 1.05. The zero-order valence-electron chi connectivity index (χ0n) is 11.0. The molecule has 100 valence electrons. The van der Waals surface area contributed by atoms with Gasteiger partial charge in [0.15, 0.2) is 0 Å². The van der Waals surface area contributed by atoms with Gasteiger partial charge in [-0.05, 0) is 13.0 Å². The van der Waals surface area contributed by atoms with Crippen LogP contribution in [0.2, 0.25) is 0 Å². The molecule has 0 amide bonds. The first kappa shape index (κ1) is 13.3. The molecular weight excluding hydrogens is 286 g/mol. The van der Waals surface area contributed by atoms with Gasteiger partial charge in [-0.25, -0.2) is 15.0 Å². The maximum Gasteiger partial charge on any atom is 0.117 e. The van der Waals surface area contributed by atoms with Crippen molar-refractivity contribution in [3.8, 4) is 11.3 Å². The summed E-state index contributed by atoms with van der Waals surface area (Å²) in [7, 11) is 0. The third-order valence-corrected chi connectivity index (χ3v) is 4.53. The molecule has 0 saturated heterocycles. The standard InChI is InChI=1S/C15H13N3S2/c1-11-18-13(8-19-11)9-20-15-7-14(16-10-17-15)12-5-3-2-4-6-12/h2-8,10H,9H2,1H3. The largest absolute Gasteiger partial charge is 0.246 e. The number of thiazole rings is 1. The smallest absolute Gasteiger partial charge is 0.117 e. The van der Waals surface area contributed by atoms with E-state index >= 15 is 0 Å². The fraction of sp³-hybridized carbons (Fsp3) is 0.133. The molecular formula is C15H13N3S2. The molecule has 5 heteroatoms. The van der Waals surface area contributed by atoms with Crippen LogP contribution in [-0.2, 0) is 5.75 Å². The third-order valence-electron chi connectivity index (χ3n) is 2.75. The van der Waals surface area contributed by atoms with Gasteiger partial charge in [0.25, 0.3) is 0 Å². The van der Waals surface area contributed by atoms with E-state index in [4.69, 9.17) is 0 Å². The molecule has 0 spiro atoms. The molecule has 3 aromatic rings. The summed E-state index contributed by atoms with van der Waals surface area (Å²) in [4.78, 5) is 13.1. The van der Waals surface area contributed by atoms with E-state index in [-0.39, 0.29) is 0 Å². The number of nitrogens with zero attached hydrogens (tertiary/aromatic N) is 3. The van der Waals surface area contributed by atoms with E-state index in [1.165, 1.54) is 0 Å². The Hall–Kier alpha value is -1.72. The zero-order chi connectivity index (χ0) is 13.8. The van der Waals surface area contributed by atoms with Crippen molar-refractivity contribution in [3.63, 3.8) is 0 Å². The van der Waals surface area contributed by atoms with Crippen LogP contribution in [0.25, 0.3) is 11.3 Å². The number of thioether (sulfide) groups is 1. The molecule has 3 nitrogen and oxygen atoms in total. The Balaban J connectivity index is 1.75. The summed E-state index contributed by atoms with van der Waals surface area (Å²) < 4.78 is 0. The van der Waals surface area contributed by atoms with Gasteiger partial charge in [-0.1, -0.05) is 42.1 Å². The summed E-state index contributed by atoms with van der Waals surface area (Å²) in [6.45, 7) is 2.02. The van der Waals surface area contributed by atoms with Gasteiger partial charge in [0.05, 0.1) is 16.4 Å². The molecule has 0 unspecified atom stereocenters. The highest BCUT2D eigenvalue weighted by Crippen LogP contribution is 2.25. The average Bonchev–Trinajstić information content (AvgIpc) is 2.92. The van der Waals surface area contributed by atoms with E-state index in [2.05, 4.69) is 32.5 Å². The zero-order valence-corrected chi connectivity index (χ0v) is 12.6. The normalized spacial score (nSPS) is 10.7. The molecule has 0 atom stereocenters. The van der Waals surface area contributed by atoms with Crippen molar-refractivity contribution >= 4 is 23.1 Å². The second kappa shape index (κ2) is 6.15. The van der Waals surface area contributed by atoms with Crippen molar-refractivity contribution < 1.29 is 0 Å². The van der Waals surface area contributed by atoms with Gasteiger partial charge >= 0.3 is 0 Å². The Bertz CT molecular complexity index is 695. The second-order valence-electron chi connectivity index (χ2n) is 4.25. The Morgan fingerprint density at radius 1 is 1.15 bits per heavy atom. The molecule has 0 saturated carbocycles. The maximum atomic E-state index is 4.46. The first-order valence-corrected chi connectivity index (χ1v) is 8.09. The van der Waals surface area contributed by atoms with Crippen LogP contribution in [0.4, 0.5) is 0 Å². The molecule has 0 aliphatic carbocycles. The van der Waals surface area contributed by atoms with Gasteiger partial charge < -0.3 is 0 Å². The van der Waals surface area contributed by atoms with Crippen LogP contribution in [-0.4, -0.2) is 15.0 Å². The van der Waals surface area contributed by atoms with Crippen molar-refractivity contribution in [1.29, 1.82) is 0 Å². The minimum Gasteiger partial charge on any atom is -0.246 e. The summed E-state index contributed by atoms with van der Waals surface area (Å²) in [6, 6.07) is 12.2. The third kappa shape index (κ3) is 3.23. The van der Waals surface area contributed by atoms with Crippen LogP contribution in [0.1, 0.15) is 10.7 Å². The molecule has 20 heavy (non-hydrogen) atoms. The van der Waals surface area contributed by atoms with Crippen LogP contribution in [0, 0.1) is 6.92 Å². The van der Waals surface area contributed by atoms with Crippen molar-refractivity contribution in [1.82, 2.24) is 15.0 Å². The Morgan fingerprint density at radius 2 is 2.00 bits per heavy atom. The number of rotatable bonds is 4. The molecule has 1 aromatic carbocycles. The van der Waals surface area contributed by atoms with Gasteiger partial charge in [0.1, 0.15) is 11.4 Å². The predicted octanol–water partition coefficient (Wildman–Crippen LogP) is 4.20. The molecule has 0 N–H and O–H groups in total. The number of hydrogen-bond acceptors (Lipinski definition) is 5. The van der Waals surface area contributed by atoms with Crippen LogP contribution < -0.4 is 0 Å². The van der Waals surface area contributed by atoms with Gasteiger partial charge in [0, 0.05) is 16.7 Å². The van der Waals surface area contributed by atoms with Crippen LogP contribution >= 0.6 is 23.1 Å². The van der Waals surface area contributed by atoms with E-state index in [1.54, 1.807) is 29.4 Å². The molecule has 0 aliphatic rings. The number of aromatic nitrogens is 3. The fourth-order valence-electron chi connectivity index (χ4n) is 1.81. The van der Waals surface area contributed by atoms with E-state index in [9.17, 15) is 0 Å². The molecule has 0 radical (unpaired) electrons. The van der Waals surface area contributed by atoms with Crippen molar-refractivity contribution in [2.75, 3.05) is 0 Å². The Kier molecular flexibility index (Phi) is 4.08. The van der Waals surface area contributed by atoms with Crippen molar-refractivity contribution in [3.05, 3.63) is 58.8 Å². The summed E-state index contributed by atoms with van der Waals surface area (Å²) >= 11 is 3.37. The second-order valence-corrected chi connectivity index (χ2v) is 6.31. The van der Waals surface area contributed by atoms with Crippen LogP contribution in [0.3, 0.4) is 0 Å². The lowest BCUT2D eigenvalue weighted by Crippen LogP contribution is -1.88. The molecule has 0 bridgehead atoms. The predicted molar refractivity (Wildman–Crippen MR) is 83.9 cm³/mol. The highest BCUT2D eigenvalue weighted by molar-refractivity contribution is 7.98. The molecule has 0 fully saturated rings. The van der Waals surface area contributed by atoms with Crippen LogP contribution in [0.5, 0.6) is 0 Å². The summed E-state index contributed by atoms with van der Waals surface area (Å²) in [6.07, 6.45) is 1.62. The SMILES string of the molecule is Cc1nc(CSc2cc(-c3ccccc3)ncn2)cs1. The quantitative estimate of drug-likeness (QED) is 0.534. The molecule has 2 aromatic heterocycles. The Morgan fingerprint density at radius 3 is 2.75 bits per heavy atom. The highest BCUT2D eigenvalue weighted by atomic mass is 32.2. The number of benzene rings is 1. The highest BCUT2D eigenvalue weighted by Gasteiger charge is 2.04. The first-order valence-electron chi connectivity index (χ1n) is 6.22. The van der Waals surface area contributed by atoms with Gasteiger partial charge in [0.2, 0.25) is 0 Å². The van der Waals surface area contributed by atoms with E-state index < -0.39 is 0 Å². The number of hydrogen-bond donors (Lipinski definition) is 0. The fourth-order valence-corrected chi connectivity index (χ4v) is 3.29. The van der Waals surface area contributed by atoms with E-state index in [0.29, 0.717) is 0 Å². The topological polar surface area (TPSA) is 38.7 Å². The monoisotopic (exact) mass is 299 g/mol. The van der Waals surface area contributed by atoms with Crippen molar-refractivity contribution in [2.24, 2.45) is 0 Å². The minimum atomic E-state index is 0.843. The minimum absolute atomic E-state index is 0.843. The summed E-state index contributed by atoms with van der Waals surface area (Å²) in [5, 5.41) is 4.18. The van der Waals surface area contributed by atoms with Gasteiger partial charge in [-0.15, -0.1) is 11.3 Å². The Labute approximate surface area is 126 Å². The van der Waals surface area contributed by atoms with E-state index in [0.717, 1.165) is 32.7 Å². The average molecular weight is 299 g/mol.